The van der Waals surface area contributed by atoms with Gasteiger partial charge >= 0.3 is 6.09 Å². The number of nitrogens with zero attached hydrogens (tertiary/aromatic N) is 3. The van der Waals surface area contributed by atoms with E-state index in [1.165, 1.54) is 33.5 Å². The molecular weight excluding hydrogens is 482 g/mol. The third-order valence-corrected chi connectivity index (χ3v) is 6.68. The molecule has 2 heterocycles. The third kappa shape index (κ3) is 5.54. The molecule has 164 valence electrons. The van der Waals surface area contributed by atoms with Crippen LogP contribution in [0.3, 0.4) is 0 Å². The van der Waals surface area contributed by atoms with Crippen LogP contribution in [-0.2, 0) is 21.3 Å². The molecule has 2 aromatic heterocycles. The van der Waals surface area contributed by atoms with E-state index in [1.54, 1.807) is 13.1 Å². The number of carbonyl (C=O) groups is 1. The summed E-state index contributed by atoms with van der Waals surface area (Å²) in [6, 6.07) is 12.5. The van der Waals surface area contributed by atoms with E-state index >= 15 is 0 Å². The summed E-state index contributed by atoms with van der Waals surface area (Å²) >= 11 is 3.28. The first-order valence-corrected chi connectivity index (χ1v) is 12.1. The number of rotatable bonds is 8. The normalized spacial score (nSPS) is 11.3. The third-order valence-electron chi connectivity index (χ3n) is 4.60. The van der Waals surface area contributed by atoms with E-state index < -0.39 is 16.1 Å². The molecule has 0 radical (unpaired) electrons. The molecule has 0 spiro atoms. The van der Waals surface area contributed by atoms with Crippen LogP contribution in [0.1, 0.15) is 25.3 Å². The van der Waals surface area contributed by atoms with Crippen LogP contribution in [-0.4, -0.2) is 42.0 Å². The van der Waals surface area contributed by atoms with Crippen molar-refractivity contribution in [2.75, 3.05) is 13.7 Å². The number of ether oxygens (including phenoxy) is 1. The molecule has 0 aliphatic rings. The Morgan fingerprint density at radius 2 is 1.94 bits per heavy atom. The molecule has 7 nitrogen and oxygen atoms in total. The number of hydrogen-bond acceptors (Lipinski definition) is 5. The highest BCUT2D eigenvalue weighted by Gasteiger charge is 2.23. The molecule has 0 bridgehead atoms. The summed E-state index contributed by atoms with van der Waals surface area (Å²) in [5, 5.41) is 0. The Morgan fingerprint density at radius 1 is 1.19 bits per heavy atom. The minimum absolute atomic E-state index is 0.0635. The standard InChI is InChI=1S/C22H24BrN3O4S/c1-3-4-10-30-22(27)25(2)15-17-11-21(18-8-6-5-7-9-18)26(16-17)31(28,29)20-12-19(23)13-24-14-20/h5-9,11-14,16H,3-4,10,15H2,1-2H3. The first kappa shape index (κ1) is 23.0. The Morgan fingerprint density at radius 3 is 2.61 bits per heavy atom. The average molecular weight is 506 g/mol. The molecule has 0 saturated carbocycles. The zero-order valence-electron chi connectivity index (χ0n) is 17.4. The quantitative estimate of drug-likeness (QED) is 0.406. The molecule has 0 aliphatic heterocycles. The second-order valence-electron chi connectivity index (χ2n) is 7.06. The van der Waals surface area contributed by atoms with Gasteiger partial charge in [-0.3, -0.25) is 4.98 Å². The summed E-state index contributed by atoms with van der Waals surface area (Å²) in [6.07, 6.45) is 5.66. The number of amides is 1. The van der Waals surface area contributed by atoms with E-state index in [4.69, 9.17) is 4.74 Å². The molecule has 1 amide bonds. The molecule has 1 aromatic carbocycles. The second kappa shape index (κ2) is 10.1. The van der Waals surface area contributed by atoms with E-state index in [1.807, 2.05) is 37.3 Å². The van der Waals surface area contributed by atoms with E-state index in [-0.39, 0.29) is 11.4 Å². The molecule has 0 atom stereocenters. The van der Waals surface area contributed by atoms with E-state index in [2.05, 4.69) is 20.9 Å². The fourth-order valence-electron chi connectivity index (χ4n) is 3.00. The molecule has 0 N–H and O–H groups in total. The minimum Gasteiger partial charge on any atom is -0.449 e. The number of hydrogen-bond donors (Lipinski definition) is 0. The lowest BCUT2D eigenvalue weighted by molar-refractivity contribution is 0.108. The van der Waals surface area contributed by atoms with E-state index in [0.717, 1.165) is 18.4 Å². The largest absolute Gasteiger partial charge is 0.449 e. The number of aromatic nitrogens is 2. The highest BCUT2D eigenvalue weighted by atomic mass is 79.9. The van der Waals surface area contributed by atoms with Gasteiger partial charge in [-0.1, -0.05) is 43.7 Å². The zero-order valence-corrected chi connectivity index (χ0v) is 19.8. The zero-order chi connectivity index (χ0) is 22.4. The summed E-state index contributed by atoms with van der Waals surface area (Å²) in [5.41, 5.74) is 1.91. The van der Waals surface area contributed by atoms with Crippen LogP contribution in [0.15, 0.2) is 70.4 Å². The molecule has 0 aliphatic carbocycles. The Balaban J connectivity index is 1.97. The summed E-state index contributed by atoms with van der Waals surface area (Å²) in [6.45, 7) is 2.59. The lowest BCUT2D eigenvalue weighted by Crippen LogP contribution is -2.27. The average Bonchev–Trinajstić information content (AvgIpc) is 3.19. The maximum atomic E-state index is 13.4. The van der Waals surface area contributed by atoms with Crippen molar-refractivity contribution in [1.82, 2.24) is 13.9 Å². The van der Waals surface area contributed by atoms with Crippen molar-refractivity contribution in [3.63, 3.8) is 0 Å². The predicted molar refractivity (Wildman–Crippen MR) is 122 cm³/mol. The van der Waals surface area contributed by atoms with Crippen LogP contribution in [0.2, 0.25) is 0 Å². The molecule has 3 rings (SSSR count). The molecule has 9 heteroatoms. The molecule has 31 heavy (non-hydrogen) atoms. The highest BCUT2D eigenvalue weighted by molar-refractivity contribution is 9.10. The van der Waals surface area contributed by atoms with Gasteiger partial charge in [0.15, 0.2) is 0 Å². The Labute approximate surface area is 190 Å². The van der Waals surface area contributed by atoms with E-state index in [0.29, 0.717) is 22.3 Å². The lowest BCUT2D eigenvalue weighted by Gasteiger charge is -2.16. The van der Waals surface area contributed by atoms with Gasteiger partial charge in [0, 0.05) is 30.1 Å². The van der Waals surface area contributed by atoms with Crippen molar-refractivity contribution < 1.29 is 17.9 Å². The van der Waals surface area contributed by atoms with Gasteiger partial charge in [0.05, 0.1) is 18.8 Å². The van der Waals surface area contributed by atoms with Crippen LogP contribution < -0.4 is 0 Å². The maximum Gasteiger partial charge on any atom is 0.409 e. The lowest BCUT2D eigenvalue weighted by atomic mass is 10.1. The van der Waals surface area contributed by atoms with Gasteiger partial charge in [0.2, 0.25) is 0 Å². The van der Waals surface area contributed by atoms with Crippen molar-refractivity contribution in [3.8, 4) is 11.3 Å². The molecule has 0 saturated heterocycles. The van der Waals surface area contributed by atoms with Crippen molar-refractivity contribution in [2.45, 2.75) is 31.2 Å². The fraction of sp³-hybridized carbons (Fsp3) is 0.273. The molecule has 0 fully saturated rings. The maximum absolute atomic E-state index is 13.4. The predicted octanol–water partition coefficient (Wildman–Crippen LogP) is 4.92. The van der Waals surface area contributed by atoms with Crippen molar-refractivity contribution >= 4 is 32.0 Å². The second-order valence-corrected chi connectivity index (χ2v) is 9.79. The Hall–Kier alpha value is -2.65. The van der Waals surface area contributed by atoms with Crippen LogP contribution in [0, 0.1) is 0 Å². The van der Waals surface area contributed by atoms with Gasteiger partial charge in [0.1, 0.15) is 4.90 Å². The monoisotopic (exact) mass is 505 g/mol. The Bertz CT molecular complexity index is 1150. The summed E-state index contributed by atoms with van der Waals surface area (Å²) < 4.78 is 33.8. The van der Waals surface area contributed by atoms with Gasteiger partial charge in [-0.15, -0.1) is 0 Å². The number of carbonyl (C=O) groups excluding carboxylic acids is 1. The van der Waals surface area contributed by atoms with Gasteiger partial charge < -0.3 is 9.64 Å². The first-order chi connectivity index (χ1) is 14.8. The smallest absolute Gasteiger partial charge is 0.409 e. The molecule has 0 unspecified atom stereocenters. The SMILES string of the molecule is CCCCOC(=O)N(C)Cc1cc(-c2ccccc2)n(S(=O)(=O)c2cncc(Br)c2)c1. The van der Waals surface area contributed by atoms with E-state index in [9.17, 15) is 13.2 Å². The van der Waals surface area contributed by atoms with Crippen molar-refractivity contribution in [3.05, 3.63) is 71.1 Å². The van der Waals surface area contributed by atoms with Crippen LogP contribution >= 0.6 is 15.9 Å². The van der Waals surface area contributed by atoms with Gasteiger partial charge in [0.25, 0.3) is 10.0 Å². The first-order valence-electron chi connectivity index (χ1n) is 9.83. The number of benzene rings is 1. The topological polar surface area (TPSA) is 81.5 Å². The highest BCUT2D eigenvalue weighted by Crippen LogP contribution is 2.28. The van der Waals surface area contributed by atoms with Gasteiger partial charge in [-0.2, -0.15) is 0 Å². The number of unbranched alkanes of at least 4 members (excludes halogenated alkanes) is 1. The summed E-state index contributed by atoms with van der Waals surface area (Å²) in [7, 11) is -2.28. The fourth-order valence-corrected chi connectivity index (χ4v) is 4.91. The number of halogens is 1. The van der Waals surface area contributed by atoms with Crippen LogP contribution in [0.5, 0.6) is 0 Å². The van der Waals surface area contributed by atoms with Gasteiger partial charge in [-0.05, 0) is 45.6 Å². The Kier molecular flexibility index (Phi) is 7.50. The number of pyridine rings is 1. The van der Waals surface area contributed by atoms with Crippen molar-refractivity contribution in [2.24, 2.45) is 0 Å². The summed E-state index contributed by atoms with van der Waals surface area (Å²) in [4.78, 5) is 17.7. The molecular formula is C22H24BrN3O4S. The van der Waals surface area contributed by atoms with Crippen LogP contribution in [0.25, 0.3) is 11.3 Å². The summed E-state index contributed by atoms with van der Waals surface area (Å²) in [5.74, 6) is 0. The van der Waals surface area contributed by atoms with Gasteiger partial charge in [-0.25, -0.2) is 17.2 Å². The van der Waals surface area contributed by atoms with Crippen molar-refractivity contribution in [1.29, 1.82) is 0 Å². The van der Waals surface area contributed by atoms with Crippen LogP contribution in [0.4, 0.5) is 4.79 Å². The molecule has 3 aromatic rings. The minimum atomic E-state index is -3.90.